The summed E-state index contributed by atoms with van der Waals surface area (Å²) in [5.74, 6) is 0. The molecule has 0 bridgehead atoms. The molecule has 0 aliphatic heterocycles. The Bertz CT molecular complexity index is 620. The van der Waals surface area contributed by atoms with Gasteiger partial charge in [-0.1, -0.05) is 29.3 Å². The quantitative estimate of drug-likeness (QED) is 0.929. The maximum absolute atomic E-state index is 6.08. The van der Waals surface area contributed by atoms with E-state index in [-0.39, 0.29) is 6.04 Å². The first-order valence-corrected chi connectivity index (χ1v) is 7.31. The van der Waals surface area contributed by atoms with Crippen LogP contribution in [0.5, 0.6) is 0 Å². The molecule has 5 heteroatoms. The third-order valence-corrected chi connectivity index (χ3v) is 4.42. The number of benzene rings is 1. The normalized spacial score (nSPS) is 12.7. The average Bonchev–Trinajstić information content (AvgIpc) is 2.65. The number of likely N-dealkylation sites (N-methyl/N-ethyl adjacent to an activating group) is 1. The van der Waals surface area contributed by atoms with Gasteiger partial charge >= 0.3 is 0 Å². The number of halogens is 2. The molecule has 2 aromatic rings. The molecule has 0 amide bonds. The molecule has 1 unspecified atom stereocenters. The molecule has 0 saturated heterocycles. The summed E-state index contributed by atoms with van der Waals surface area (Å²) in [6.45, 7) is 4.13. The molecule has 1 N–H and O–H groups in total. The molecular formula is C15H19Cl2N3. The molecule has 3 nitrogen and oxygen atoms in total. The van der Waals surface area contributed by atoms with Crippen molar-refractivity contribution in [2.24, 2.45) is 7.05 Å². The van der Waals surface area contributed by atoms with Crippen LogP contribution in [0.1, 0.15) is 28.6 Å². The molecule has 0 saturated carbocycles. The molecule has 108 valence electrons. The fourth-order valence-corrected chi connectivity index (χ4v) is 2.87. The molecule has 0 spiro atoms. The van der Waals surface area contributed by atoms with E-state index in [2.05, 4.69) is 17.3 Å². The van der Waals surface area contributed by atoms with Crippen LogP contribution in [0.15, 0.2) is 18.2 Å². The van der Waals surface area contributed by atoms with Gasteiger partial charge in [-0.3, -0.25) is 4.68 Å². The SMILES string of the molecule is CNC(Cc1ccc(Cl)c(Cl)c1)c1c(C)nn(C)c1C. The summed E-state index contributed by atoms with van der Waals surface area (Å²) in [6.07, 6.45) is 0.848. The molecule has 0 aliphatic carbocycles. The second kappa shape index (κ2) is 6.17. The average molecular weight is 312 g/mol. The van der Waals surface area contributed by atoms with Crippen molar-refractivity contribution in [3.8, 4) is 0 Å². The summed E-state index contributed by atoms with van der Waals surface area (Å²) in [5.41, 5.74) is 4.65. The highest BCUT2D eigenvalue weighted by Crippen LogP contribution is 2.27. The van der Waals surface area contributed by atoms with Crippen LogP contribution in [-0.4, -0.2) is 16.8 Å². The number of rotatable bonds is 4. The summed E-state index contributed by atoms with van der Waals surface area (Å²) in [5, 5.41) is 9.03. The highest BCUT2D eigenvalue weighted by molar-refractivity contribution is 6.42. The van der Waals surface area contributed by atoms with Crippen LogP contribution in [0.25, 0.3) is 0 Å². The molecule has 1 atom stereocenters. The van der Waals surface area contributed by atoms with E-state index in [0.717, 1.165) is 17.7 Å². The molecule has 20 heavy (non-hydrogen) atoms. The Morgan fingerprint density at radius 3 is 2.45 bits per heavy atom. The lowest BCUT2D eigenvalue weighted by Crippen LogP contribution is -2.20. The Kier molecular flexibility index (Phi) is 4.74. The minimum absolute atomic E-state index is 0.209. The van der Waals surface area contributed by atoms with E-state index in [9.17, 15) is 0 Å². The third kappa shape index (κ3) is 3.00. The Hall–Kier alpha value is -1.03. The van der Waals surface area contributed by atoms with Gasteiger partial charge in [0.15, 0.2) is 0 Å². The molecule has 0 fully saturated rings. The van der Waals surface area contributed by atoms with Crippen molar-refractivity contribution in [3.63, 3.8) is 0 Å². The van der Waals surface area contributed by atoms with Crippen LogP contribution < -0.4 is 5.32 Å². The van der Waals surface area contributed by atoms with E-state index in [1.54, 1.807) is 0 Å². The summed E-state index contributed by atoms with van der Waals surface area (Å²) in [6, 6.07) is 5.99. The topological polar surface area (TPSA) is 29.9 Å². The van der Waals surface area contributed by atoms with E-state index in [0.29, 0.717) is 10.0 Å². The predicted molar refractivity (Wildman–Crippen MR) is 84.6 cm³/mol. The minimum atomic E-state index is 0.209. The van der Waals surface area contributed by atoms with E-state index < -0.39 is 0 Å². The van der Waals surface area contributed by atoms with Crippen molar-refractivity contribution in [1.29, 1.82) is 0 Å². The smallest absolute Gasteiger partial charge is 0.0644 e. The third-order valence-electron chi connectivity index (χ3n) is 3.69. The van der Waals surface area contributed by atoms with E-state index in [1.165, 1.54) is 11.3 Å². The maximum Gasteiger partial charge on any atom is 0.0644 e. The fourth-order valence-electron chi connectivity index (χ4n) is 2.55. The second-order valence-electron chi connectivity index (χ2n) is 5.00. The first kappa shape index (κ1) is 15.4. The Morgan fingerprint density at radius 2 is 1.95 bits per heavy atom. The molecule has 0 aliphatic rings. The number of nitrogens with one attached hydrogen (secondary N) is 1. The van der Waals surface area contributed by atoms with Crippen LogP contribution in [0, 0.1) is 13.8 Å². The molecular weight excluding hydrogens is 293 g/mol. The van der Waals surface area contributed by atoms with Gasteiger partial charge in [0.1, 0.15) is 0 Å². The highest BCUT2D eigenvalue weighted by Gasteiger charge is 2.19. The van der Waals surface area contributed by atoms with Crippen molar-refractivity contribution in [1.82, 2.24) is 15.1 Å². The lowest BCUT2D eigenvalue weighted by atomic mass is 9.97. The standard InChI is InChI=1S/C15H19Cl2N3/c1-9-15(10(2)20(4)19-9)14(18-3)8-11-5-6-12(16)13(17)7-11/h5-7,14,18H,8H2,1-4H3. The predicted octanol–water partition coefficient (Wildman–Crippen LogP) is 3.85. The van der Waals surface area contributed by atoms with Gasteiger partial charge < -0.3 is 5.32 Å². The maximum atomic E-state index is 6.08. The van der Waals surface area contributed by atoms with Crippen LogP contribution in [0.2, 0.25) is 10.0 Å². The highest BCUT2D eigenvalue weighted by atomic mass is 35.5. The van der Waals surface area contributed by atoms with Crippen molar-refractivity contribution in [2.75, 3.05) is 7.05 Å². The van der Waals surface area contributed by atoms with Crippen molar-refractivity contribution < 1.29 is 0 Å². The summed E-state index contributed by atoms with van der Waals surface area (Å²) in [4.78, 5) is 0. The Morgan fingerprint density at radius 1 is 1.25 bits per heavy atom. The van der Waals surface area contributed by atoms with Crippen LogP contribution in [0.3, 0.4) is 0 Å². The lowest BCUT2D eigenvalue weighted by Gasteiger charge is -2.17. The monoisotopic (exact) mass is 311 g/mol. The Labute approximate surface area is 129 Å². The zero-order valence-electron chi connectivity index (χ0n) is 12.2. The molecule has 1 heterocycles. The van der Waals surface area contributed by atoms with E-state index in [4.69, 9.17) is 23.2 Å². The minimum Gasteiger partial charge on any atom is -0.313 e. The molecule has 1 aromatic heterocycles. The van der Waals surface area contributed by atoms with Crippen molar-refractivity contribution in [2.45, 2.75) is 26.3 Å². The van der Waals surface area contributed by atoms with Gasteiger partial charge in [-0.05, 0) is 45.0 Å². The van der Waals surface area contributed by atoms with Crippen LogP contribution >= 0.6 is 23.2 Å². The van der Waals surface area contributed by atoms with Gasteiger partial charge in [0.2, 0.25) is 0 Å². The lowest BCUT2D eigenvalue weighted by molar-refractivity contribution is 0.584. The van der Waals surface area contributed by atoms with Crippen molar-refractivity contribution >= 4 is 23.2 Å². The van der Waals surface area contributed by atoms with Gasteiger partial charge in [-0.15, -0.1) is 0 Å². The van der Waals surface area contributed by atoms with Gasteiger partial charge in [-0.25, -0.2) is 0 Å². The number of aryl methyl sites for hydroxylation is 2. The van der Waals surface area contributed by atoms with Crippen molar-refractivity contribution in [3.05, 3.63) is 50.8 Å². The molecule has 1 aromatic carbocycles. The first-order valence-electron chi connectivity index (χ1n) is 6.55. The largest absolute Gasteiger partial charge is 0.313 e. The van der Waals surface area contributed by atoms with E-state index >= 15 is 0 Å². The summed E-state index contributed by atoms with van der Waals surface area (Å²) >= 11 is 12.0. The summed E-state index contributed by atoms with van der Waals surface area (Å²) in [7, 11) is 3.94. The molecule has 0 radical (unpaired) electrons. The van der Waals surface area contributed by atoms with Crippen LogP contribution in [-0.2, 0) is 13.5 Å². The number of hydrogen-bond acceptors (Lipinski definition) is 2. The van der Waals surface area contributed by atoms with Gasteiger partial charge in [0.05, 0.1) is 15.7 Å². The number of aromatic nitrogens is 2. The van der Waals surface area contributed by atoms with Crippen LogP contribution in [0.4, 0.5) is 0 Å². The number of hydrogen-bond donors (Lipinski definition) is 1. The first-order chi connectivity index (χ1) is 9.43. The fraction of sp³-hybridized carbons (Fsp3) is 0.400. The number of nitrogens with zero attached hydrogens (tertiary/aromatic N) is 2. The van der Waals surface area contributed by atoms with Gasteiger partial charge in [0.25, 0.3) is 0 Å². The zero-order valence-corrected chi connectivity index (χ0v) is 13.7. The van der Waals surface area contributed by atoms with Gasteiger partial charge in [-0.2, -0.15) is 5.10 Å². The summed E-state index contributed by atoms with van der Waals surface area (Å²) < 4.78 is 1.92. The second-order valence-corrected chi connectivity index (χ2v) is 5.82. The Balaban J connectivity index is 2.31. The van der Waals surface area contributed by atoms with Gasteiger partial charge in [0, 0.05) is 24.3 Å². The molecule has 2 rings (SSSR count). The van der Waals surface area contributed by atoms with E-state index in [1.807, 2.05) is 43.9 Å². The zero-order chi connectivity index (χ0) is 14.9.